The van der Waals surface area contributed by atoms with Gasteiger partial charge >= 0.3 is 5.97 Å². The number of carbonyl (C=O) groups excluding carboxylic acids is 2. The number of carbonyl (C=O) groups is 2. The molecule has 1 aromatic heterocycles. The Kier molecular flexibility index (Phi) is 5.55. The molecule has 8 nitrogen and oxygen atoms in total. The number of rotatable bonds is 7. The number of para-hydroxylation sites is 1. The number of hydrogen-bond acceptors (Lipinski definition) is 7. The fourth-order valence-electron chi connectivity index (χ4n) is 2.39. The van der Waals surface area contributed by atoms with Crippen LogP contribution in [0.3, 0.4) is 0 Å². The van der Waals surface area contributed by atoms with E-state index in [-0.39, 0.29) is 12.3 Å². The lowest BCUT2D eigenvalue weighted by atomic mass is 10.1. The van der Waals surface area contributed by atoms with Crippen LogP contribution >= 0.6 is 0 Å². The predicted octanol–water partition coefficient (Wildman–Crippen LogP) is 2.08. The van der Waals surface area contributed by atoms with Gasteiger partial charge in [-0.15, -0.1) is 10.2 Å². The Morgan fingerprint density at radius 2 is 1.81 bits per heavy atom. The standard InChI is InChI=1S/C19H18N4O4/c1-13-7-9-14(10-8-13)19-20-22-23(21-19)11-18(25)27-12-16(24)15-5-3-4-6-17(15)26-2/h3-10H,11-12H2,1-2H3. The summed E-state index contributed by atoms with van der Waals surface area (Å²) >= 11 is 0. The summed E-state index contributed by atoms with van der Waals surface area (Å²) < 4.78 is 10.1. The highest BCUT2D eigenvalue weighted by Crippen LogP contribution is 2.18. The third kappa shape index (κ3) is 4.55. The number of tetrazole rings is 1. The molecule has 8 heteroatoms. The molecule has 3 aromatic rings. The van der Waals surface area contributed by atoms with Gasteiger partial charge in [0.25, 0.3) is 0 Å². The zero-order chi connectivity index (χ0) is 19.2. The molecule has 0 bridgehead atoms. The number of ether oxygens (including phenoxy) is 2. The number of hydrogen-bond donors (Lipinski definition) is 0. The number of esters is 1. The third-order valence-electron chi connectivity index (χ3n) is 3.80. The summed E-state index contributed by atoms with van der Waals surface area (Å²) in [4.78, 5) is 25.3. The molecule has 0 saturated carbocycles. The largest absolute Gasteiger partial charge is 0.496 e. The molecular formula is C19H18N4O4. The van der Waals surface area contributed by atoms with Gasteiger partial charge in [0, 0.05) is 5.56 Å². The van der Waals surface area contributed by atoms with E-state index in [1.54, 1.807) is 24.3 Å². The molecule has 0 aliphatic carbocycles. The highest BCUT2D eigenvalue weighted by Gasteiger charge is 2.15. The van der Waals surface area contributed by atoms with Gasteiger partial charge in [-0.2, -0.15) is 4.80 Å². The molecule has 0 atom stereocenters. The maximum Gasteiger partial charge on any atom is 0.330 e. The molecule has 0 radical (unpaired) electrons. The Morgan fingerprint density at radius 1 is 1.07 bits per heavy atom. The fourth-order valence-corrected chi connectivity index (χ4v) is 2.39. The van der Waals surface area contributed by atoms with E-state index in [2.05, 4.69) is 15.4 Å². The lowest BCUT2D eigenvalue weighted by molar-refractivity contribution is -0.143. The Labute approximate surface area is 155 Å². The number of methoxy groups -OCH3 is 1. The van der Waals surface area contributed by atoms with Crippen LogP contribution < -0.4 is 4.74 Å². The topological polar surface area (TPSA) is 96.2 Å². The molecule has 0 saturated heterocycles. The Bertz CT molecular complexity index is 950. The van der Waals surface area contributed by atoms with E-state index in [0.717, 1.165) is 15.9 Å². The molecule has 0 N–H and O–H groups in total. The van der Waals surface area contributed by atoms with Crippen LogP contribution in [0.25, 0.3) is 11.4 Å². The summed E-state index contributed by atoms with van der Waals surface area (Å²) in [6, 6.07) is 14.4. The highest BCUT2D eigenvalue weighted by molar-refractivity contribution is 6.00. The maximum atomic E-state index is 12.2. The average Bonchev–Trinajstić information content (AvgIpc) is 3.15. The molecule has 0 aliphatic heterocycles. The first-order valence-corrected chi connectivity index (χ1v) is 8.23. The van der Waals surface area contributed by atoms with Gasteiger partial charge in [0.2, 0.25) is 11.6 Å². The van der Waals surface area contributed by atoms with Crippen LogP contribution in [-0.4, -0.2) is 45.7 Å². The van der Waals surface area contributed by atoms with Crippen LogP contribution in [0, 0.1) is 6.92 Å². The molecule has 0 aliphatic rings. The van der Waals surface area contributed by atoms with E-state index >= 15 is 0 Å². The van der Waals surface area contributed by atoms with Crippen molar-refractivity contribution in [3.05, 3.63) is 59.7 Å². The zero-order valence-corrected chi connectivity index (χ0v) is 15.0. The van der Waals surface area contributed by atoms with Crippen molar-refractivity contribution in [2.75, 3.05) is 13.7 Å². The summed E-state index contributed by atoms with van der Waals surface area (Å²) in [6.45, 7) is 1.35. The molecule has 138 valence electrons. The second kappa shape index (κ2) is 8.22. The van der Waals surface area contributed by atoms with Crippen molar-refractivity contribution in [2.45, 2.75) is 13.5 Å². The van der Waals surface area contributed by atoms with E-state index in [1.165, 1.54) is 7.11 Å². The van der Waals surface area contributed by atoms with Crippen LogP contribution in [-0.2, 0) is 16.1 Å². The molecule has 3 rings (SSSR count). The highest BCUT2D eigenvalue weighted by atomic mass is 16.5. The van der Waals surface area contributed by atoms with Crippen molar-refractivity contribution in [3.63, 3.8) is 0 Å². The monoisotopic (exact) mass is 366 g/mol. The van der Waals surface area contributed by atoms with E-state index in [9.17, 15) is 9.59 Å². The summed E-state index contributed by atoms with van der Waals surface area (Å²) in [5.74, 6) is -0.147. The first-order chi connectivity index (χ1) is 13.1. The van der Waals surface area contributed by atoms with Gasteiger partial charge in [0.15, 0.2) is 13.2 Å². The quantitative estimate of drug-likeness (QED) is 0.466. The number of aryl methyl sites for hydroxylation is 1. The lowest BCUT2D eigenvalue weighted by Gasteiger charge is -2.07. The van der Waals surface area contributed by atoms with Crippen LogP contribution in [0.4, 0.5) is 0 Å². The van der Waals surface area contributed by atoms with E-state index < -0.39 is 12.6 Å². The van der Waals surface area contributed by atoms with Crippen molar-refractivity contribution in [3.8, 4) is 17.1 Å². The minimum atomic E-state index is -0.633. The van der Waals surface area contributed by atoms with E-state index in [4.69, 9.17) is 9.47 Å². The van der Waals surface area contributed by atoms with Gasteiger partial charge in [-0.1, -0.05) is 42.0 Å². The van der Waals surface area contributed by atoms with Gasteiger partial charge in [-0.25, -0.2) is 4.79 Å². The minimum Gasteiger partial charge on any atom is -0.496 e. The first kappa shape index (κ1) is 18.2. The minimum absolute atomic E-state index is 0.238. The molecular weight excluding hydrogens is 348 g/mol. The molecule has 0 fully saturated rings. The van der Waals surface area contributed by atoms with Gasteiger partial charge in [-0.3, -0.25) is 4.79 Å². The average molecular weight is 366 g/mol. The van der Waals surface area contributed by atoms with Crippen molar-refractivity contribution >= 4 is 11.8 Å². The Hall–Kier alpha value is -3.55. The fraction of sp³-hybridized carbons (Fsp3) is 0.211. The number of ketones is 1. The number of Topliss-reactive ketones (excluding diaryl/α,β-unsaturated/α-hetero) is 1. The second-order valence-corrected chi connectivity index (χ2v) is 5.79. The maximum absolute atomic E-state index is 12.2. The Balaban J connectivity index is 1.57. The van der Waals surface area contributed by atoms with Crippen LogP contribution in [0.2, 0.25) is 0 Å². The third-order valence-corrected chi connectivity index (χ3v) is 3.80. The smallest absolute Gasteiger partial charge is 0.330 e. The number of nitrogens with zero attached hydrogens (tertiary/aromatic N) is 4. The second-order valence-electron chi connectivity index (χ2n) is 5.79. The molecule has 0 amide bonds. The van der Waals surface area contributed by atoms with Crippen molar-refractivity contribution in [1.29, 1.82) is 0 Å². The van der Waals surface area contributed by atoms with Gasteiger partial charge in [0.05, 0.1) is 12.7 Å². The molecule has 27 heavy (non-hydrogen) atoms. The lowest BCUT2D eigenvalue weighted by Crippen LogP contribution is -2.20. The van der Waals surface area contributed by atoms with Crippen molar-refractivity contribution in [1.82, 2.24) is 20.2 Å². The normalized spacial score (nSPS) is 10.4. The summed E-state index contributed by atoms with van der Waals surface area (Å²) in [5, 5.41) is 11.9. The van der Waals surface area contributed by atoms with Gasteiger partial charge < -0.3 is 9.47 Å². The SMILES string of the molecule is COc1ccccc1C(=O)COC(=O)Cn1nnc(-c2ccc(C)cc2)n1. The van der Waals surface area contributed by atoms with Crippen molar-refractivity contribution < 1.29 is 19.1 Å². The van der Waals surface area contributed by atoms with E-state index in [0.29, 0.717) is 17.1 Å². The molecule has 0 spiro atoms. The molecule has 1 heterocycles. The van der Waals surface area contributed by atoms with Crippen molar-refractivity contribution in [2.24, 2.45) is 0 Å². The summed E-state index contributed by atoms with van der Waals surface area (Å²) in [7, 11) is 1.47. The zero-order valence-electron chi connectivity index (χ0n) is 15.0. The van der Waals surface area contributed by atoms with Crippen LogP contribution in [0.5, 0.6) is 5.75 Å². The van der Waals surface area contributed by atoms with Gasteiger partial charge in [-0.05, 0) is 24.3 Å². The van der Waals surface area contributed by atoms with Gasteiger partial charge in [0.1, 0.15) is 5.75 Å². The first-order valence-electron chi connectivity index (χ1n) is 8.23. The molecule has 2 aromatic carbocycles. The van der Waals surface area contributed by atoms with Crippen LogP contribution in [0.15, 0.2) is 48.5 Å². The Morgan fingerprint density at radius 3 is 2.56 bits per heavy atom. The summed E-state index contributed by atoms with van der Waals surface area (Å²) in [5.41, 5.74) is 2.27. The molecule has 0 unspecified atom stereocenters. The number of benzene rings is 2. The predicted molar refractivity (Wildman–Crippen MR) is 96.3 cm³/mol. The van der Waals surface area contributed by atoms with E-state index in [1.807, 2.05) is 31.2 Å². The van der Waals surface area contributed by atoms with Crippen LogP contribution in [0.1, 0.15) is 15.9 Å². The number of aromatic nitrogens is 4. The summed E-state index contributed by atoms with van der Waals surface area (Å²) in [6.07, 6.45) is 0.